The van der Waals surface area contributed by atoms with Crippen molar-refractivity contribution in [2.45, 2.75) is 39.4 Å². The van der Waals surface area contributed by atoms with Crippen LogP contribution in [0.3, 0.4) is 0 Å². The largest absolute Gasteiger partial charge is 0.347 e. The molecule has 0 unspecified atom stereocenters. The Hall–Kier alpha value is -3.32. The molecule has 0 aromatic heterocycles. The van der Waals surface area contributed by atoms with Crippen LogP contribution in [-0.2, 0) is 0 Å². The fourth-order valence-electron chi connectivity index (χ4n) is 3.67. The number of nitrogens with zero attached hydrogens (tertiary/aromatic N) is 3. The van der Waals surface area contributed by atoms with Crippen LogP contribution in [0.25, 0.3) is 0 Å². The number of hydrogen-bond acceptors (Lipinski definition) is 3. The van der Waals surface area contributed by atoms with Gasteiger partial charge in [-0.25, -0.2) is 9.59 Å². The minimum atomic E-state index is -0.946. The van der Waals surface area contributed by atoms with Gasteiger partial charge in [0.05, 0.1) is 5.54 Å². The first-order valence-electron chi connectivity index (χ1n) is 9.81. The molecule has 7 heteroatoms. The second kappa shape index (κ2) is 8.20. The molecule has 1 aliphatic heterocycles. The molecular formula is C23H28N4O3. The molecule has 30 heavy (non-hydrogen) atoms. The van der Waals surface area contributed by atoms with Gasteiger partial charge in [-0.2, -0.15) is 5.06 Å². The van der Waals surface area contributed by atoms with E-state index in [0.717, 1.165) is 11.1 Å². The number of hydrogen-bond donors (Lipinski definition) is 2. The van der Waals surface area contributed by atoms with Gasteiger partial charge in [-0.3, -0.25) is 10.1 Å². The highest BCUT2D eigenvalue weighted by Gasteiger charge is 2.55. The number of amides is 4. The molecule has 1 fully saturated rings. The number of rotatable bonds is 5. The number of benzene rings is 2. The molecule has 1 aliphatic rings. The Morgan fingerprint density at radius 3 is 2.20 bits per heavy atom. The molecule has 3 rings (SSSR count). The fraction of sp³-hybridized carbons (Fsp3) is 0.304. The zero-order valence-corrected chi connectivity index (χ0v) is 17.8. The topological polar surface area (TPSA) is 76.1 Å². The van der Waals surface area contributed by atoms with Gasteiger partial charge < -0.3 is 10.2 Å². The summed E-state index contributed by atoms with van der Waals surface area (Å²) in [6, 6.07) is 13.6. The number of anilines is 2. The Morgan fingerprint density at radius 2 is 1.67 bits per heavy atom. The van der Waals surface area contributed by atoms with Crippen molar-refractivity contribution in [3.8, 4) is 0 Å². The van der Waals surface area contributed by atoms with Crippen LogP contribution in [-0.4, -0.2) is 45.5 Å². The van der Waals surface area contributed by atoms with Crippen molar-refractivity contribution in [1.82, 2.24) is 9.96 Å². The number of hydroxylamine groups is 2. The third-order valence-corrected chi connectivity index (χ3v) is 5.38. The van der Waals surface area contributed by atoms with Gasteiger partial charge in [0.25, 0.3) is 0 Å². The summed E-state index contributed by atoms with van der Waals surface area (Å²) in [4.78, 5) is 29.2. The van der Waals surface area contributed by atoms with Crippen LogP contribution in [0.2, 0.25) is 0 Å². The van der Waals surface area contributed by atoms with Gasteiger partial charge in [0.15, 0.2) is 6.17 Å². The highest BCUT2D eigenvalue weighted by atomic mass is 16.5. The molecule has 1 saturated heterocycles. The molecule has 2 aromatic rings. The molecule has 1 atom stereocenters. The Kier molecular flexibility index (Phi) is 5.85. The summed E-state index contributed by atoms with van der Waals surface area (Å²) < 4.78 is 0. The second-order valence-corrected chi connectivity index (χ2v) is 8.06. The molecule has 0 radical (unpaired) electrons. The third kappa shape index (κ3) is 3.89. The van der Waals surface area contributed by atoms with Crippen LogP contribution in [0.1, 0.15) is 25.0 Å². The summed E-state index contributed by atoms with van der Waals surface area (Å²) in [5.74, 6) is 0. The maximum absolute atomic E-state index is 13.3. The average molecular weight is 409 g/mol. The molecule has 1 heterocycles. The van der Waals surface area contributed by atoms with Crippen molar-refractivity contribution in [2.75, 3.05) is 16.8 Å². The predicted octanol–water partition coefficient (Wildman–Crippen LogP) is 4.76. The first-order chi connectivity index (χ1) is 14.2. The van der Waals surface area contributed by atoms with Gasteiger partial charge in [0, 0.05) is 17.9 Å². The Bertz CT molecular complexity index is 938. The molecule has 2 N–H and O–H groups in total. The normalized spacial score (nSPS) is 17.8. The monoisotopic (exact) mass is 408 g/mol. The summed E-state index contributed by atoms with van der Waals surface area (Å²) in [7, 11) is 0. The highest BCUT2D eigenvalue weighted by molar-refractivity contribution is 5.98. The Labute approximate surface area is 177 Å². The van der Waals surface area contributed by atoms with E-state index in [1.54, 1.807) is 35.2 Å². The van der Waals surface area contributed by atoms with Crippen molar-refractivity contribution in [3.05, 3.63) is 72.3 Å². The number of urea groups is 2. The molecular weight excluding hydrogens is 380 g/mol. The lowest BCUT2D eigenvalue weighted by Gasteiger charge is -2.38. The molecule has 0 spiro atoms. The fourth-order valence-corrected chi connectivity index (χ4v) is 3.67. The van der Waals surface area contributed by atoms with E-state index in [1.165, 1.54) is 4.90 Å². The van der Waals surface area contributed by atoms with Crippen molar-refractivity contribution >= 4 is 23.4 Å². The smallest absolute Gasteiger partial charge is 0.311 e. The summed E-state index contributed by atoms with van der Waals surface area (Å²) in [6.07, 6.45) is 0.682. The van der Waals surface area contributed by atoms with Crippen LogP contribution >= 0.6 is 0 Å². The van der Waals surface area contributed by atoms with E-state index >= 15 is 0 Å². The lowest BCUT2D eigenvalue weighted by molar-refractivity contribution is -0.0941. The van der Waals surface area contributed by atoms with Crippen LogP contribution in [0, 0.1) is 13.8 Å². The third-order valence-electron chi connectivity index (χ3n) is 5.38. The van der Waals surface area contributed by atoms with E-state index in [2.05, 4.69) is 11.9 Å². The Morgan fingerprint density at radius 1 is 1.13 bits per heavy atom. The summed E-state index contributed by atoms with van der Waals surface area (Å²) in [5, 5.41) is 14.2. The summed E-state index contributed by atoms with van der Waals surface area (Å²) >= 11 is 0. The lowest BCUT2D eigenvalue weighted by Crippen LogP contribution is -2.58. The summed E-state index contributed by atoms with van der Waals surface area (Å²) in [5.41, 5.74) is 2.37. The van der Waals surface area contributed by atoms with Crippen LogP contribution in [0.15, 0.2) is 61.2 Å². The van der Waals surface area contributed by atoms with E-state index in [0.29, 0.717) is 16.4 Å². The summed E-state index contributed by atoms with van der Waals surface area (Å²) in [6.45, 7) is 11.6. The molecule has 7 nitrogen and oxygen atoms in total. The minimum absolute atomic E-state index is 0.290. The lowest BCUT2D eigenvalue weighted by atomic mass is 9.99. The van der Waals surface area contributed by atoms with Crippen molar-refractivity contribution in [2.24, 2.45) is 0 Å². The standard InChI is InChI=1S/C23H28N4O3/c1-6-15-25-22(29)26(19-13-9-17(3)10-14-19)20(23(25,4)5)27(30)21(28)24-18-11-7-16(2)8-12-18/h6-14,20,30H,1,15H2,2-5H3,(H,24,28)/t20-/m0/s1. The molecule has 0 bridgehead atoms. The van der Waals surface area contributed by atoms with Gasteiger partial charge in [-0.05, 0) is 52.0 Å². The molecule has 4 amide bonds. The quantitative estimate of drug-likeness (QED) is 0.425. The first-order valence-corrected chi connectivity index (χ1v) is 9.81. The molecule has 0 saturated carbocycles. The van der Waals surface area contributed by atoms with Crippen LogP contribution < -0.4 is 10.2 Å². The SMILES string of the molecule is C=CCN1C(=O)N(c2ccc(C)cc2)[C@@H](N(O)C(=O)Nc2ccc(C)cc2)C1(C)C. The first kappa shape index (κ1) is 21.4. The minimum Gasteiger partial charge on any atom is -0.311 e. The highest BCUT2D eigenvalue weighted by Crippen LogP contribution is 2.37. The van der Waals surface area contributed by atoms with E-state index in [9.17, 15) is 14.8 Å². The molecule has 0 aliphatic carbocycles. The van der Waals surface area contributed by atoms with Crippen molar-refractivity contribution < 1.29 is 14.8 Å². The maximum atomic E-state index is 13.3. The average Bonchev–Trinajstić information content (AvgIpc) is 2.90. The van der Waals surface area contributed by atoms with E-state index in [-0.39, 0.29) is 12.6 Å². The molecule has 158 valence electrons. The van der Waals surface area contributed by atoms with Gasteiger partial charge in [-0.1, -0.05) is 41.5 Å². The number of nitrogens with one attached hydrogen (secondary N) is 1. The zero-order valence-electron chi connectivity index (χ0n) is 17.8. The van der Waals surface area contributed by atoms with Gasteiger partial charge in [0.1, 0.15) is 0 Å². The zero-order chi connectivity index (χ0) is 22.1. The van der Waals surface area contributed by atoms with Crippen LogP contribution in [0.5, 0.6) is 0 Å². The Balaban J connectivity index is 1.96. The van der Waals surface area contributed by atoms with Crippen LogP contribution in [0.4, 0.5) is 21.0 Å². The van der Waals surface area contributed by atoms with E-state index in [4.69, 9.17) is 0 Å². The number of aryl methyl sites for hydroxylation is 2. The molecule has 2 aromatic carbocycles. The number of carbonyl (C=O) groups is 2. The second-order valence-electron chi connectivity index (χ2n) is 8.06. The maximum Gasteiger partial charge on any atom is 0.347 e. The van der Waals surface area contributed by atoms with E-state index in [1.807, 2.05) is 52.0 Å². The van der Waals surface area contributed by atoms with Crippen molar-refractivity contribution in [3.63, 3.8) is 0 Å². The predicted molar refractivity (Wildman–Crippen MR) is 118 cm³/mol. The van der Waals surface area contributed by atoms with Gasteiger partial charge in [0.2, 0.25) is 0 Å². The van der Waals surface area contributed by atoms with Gasteiger partial charge in [-0.15, -0.1) is 6.58 Å². The van der Waals surface area contributed by atoms with Crippen molar-refractivity contribution in [1.29, 1.82) is 0 Å². The van der Waals surface area contributed by atoms with E-state index < -0.39 is 17.7 Å². The number of carbonyl (C=O) groups excluding carboxylic acids is 2. The van der Waals surface area contributed by atoms with Gasteiger partial charge >= 0.3 is 12.1 Å².